The quantitative estimate of drug-likeness (QED) is 0.383. The van der Waals surface area contributed by atoms with Gasteiger partial charge in [0.15, 0.2) is 5.76 Å². The molecule has 4 aromatic rings. The highest BCUT2D eigenvalue weighted by atomic mass is 35.5. The molecule has 1 aliphatic heterocycles. The van der Waals surface area contributed by atoms with E-state index >= 15 is 0 Å². The lowest BCUT2D eigenvalue weighted by molar-refractivity contribution is 0.0976. The van der Waals surface area contributed by atoms with Crippen LogP contribution < -0.4 is 10.6 Å². The smallest absolute Gasteiger partial charge is 0.284 e. The van der Waals surface area contributed by atoms with Gasteiger partial charge in [-0.1, -0.05) is 18.2 Å². The number of primary amides is 1. The van der Waals surface area contributed by atoms with Crippen molar-refractivity contribution in [2.75, 3.05) is 37.6 Å². The lowest BCUT2D eigenvalue weighted by atomic mass is 10.0. The van der Waals surface area contributed by atoms with Crippen molar-refractivity contribution >= 4 is 45.9 Å². The number of fused-ring (bicyclic) bond motifs is 2. The summed E-state index contributed by atoms with van der Waals surface area (Å²) >= 11 is 0. The van der Waals surface area contributed by atoms with Crippen LogP contribution in [0, 0.1) is 11.3 Å². The minimum Gasteiger partial charge on any atom is -0.451 e. The van der Waals surface area contributed by atoms with Crippen LogP contribution in [0.15, 0.2) is 52.9 Å². The average molecular weight is 478 g/mol. The Balaban J connectivity index is 0.00000274. The molecule has 3 N–H and O–H groups in total. The Morgan fingerprint density at radius 2 is 1.88 bits per heavy atom. The number of nitriles is 1. The Bertz CT molecular complexity index is 1340. The Morgan fingerprint density at radius 1 is 1.09 bits per heavy atom. The highest BCUT2D eigenvalue weighted by Crippen LogP contribution is 2.26. The van der Waals surface area contributed by atoms with E-state index in [4.69, 9.17) is 10.2 Å². The number of para-hydroxylation sites is 1. The van der Waals surface area contributed by atoms with E-state index in [-0.39, 0.29) is 18.2 Å². The number of furan rings is 1. The molecule has 2 aromatic heterocycles. The van der Waals surface area contributed by atoms with Gasteiger partial charge in [0.05, 0.1) is 0 Å². The van der Waals surface area contributed by atoms with Crippen LogP contribution in [0.4, 0.5) is 5.69 Å². The van der Waals surface area contributed by atoms with Crippen molar-refractivity contribution < 1.29 is 9.21 Å². The van der Waals surface area contributed by atoms with E-state index in [1.54, 1.807) is 6.07 Å². The predicted octanol–water partition coefficient (Wildman–Crippen LogP) is 4.45. The molecule has 0 unspecified atom stereocenters. The van der Waals surface area contributed by atoms with Crippen molar-refractivity contribution in [2.24, 2.45) is 5.73 Å². The number of amides is 1. The van der Waals surface area contributed by atoms with Crippen molar-refractivity contribution in [3.63, 3.8) is 0 Å². The molecule has 0 saturated carbocycles. The summed E-state index contributed by atoms with van der Waals surface area (Å²) < 4.78 is 5.49. The minimum absolute atomic E-state index is 0. The van der Waals surface area contributed by atoms with Crippen LogP contribution in [0.5, 0.6) is 0 Å². The summed E-state index contributed by atoms with van der Waals surface area (Å²) in [4.78, 5) is 19.5. The largest absolute Gasteiger partial charge is 0.451 e. The maximum atomic E-state index is 11.4. The number of unbranched alkanes of at least 4 members (excludes halogenated alkanes) is 1. The van der Waals surface area contributed by atoms with E-state index in [2.05, 4.69) is 33.0 Å². The summed E-state index contributed by atoms with van der Waals surface area (Å²) in [6.07, 6.45) is 3.10. The van der Waals surface area contributed by atoms with Gasteiger partial charge < -0.3 is 20.0 Å². The van der Waals surface area contributed by atoms with E-state index in [9.17, 15) is 10.1 Å². The van der Waals surface area contributed by atoms with Crippen molar-refractivity contribution in [2.45, 2.75) is 19.3 Å². The van der Waals surface area contributed by atoms with Crippen LogP contribution in [0.1, 0.15) is 34.7 Å². The number of carbonyl (C=O) groups excluding carboxylic acids is 1. The summed E-state index contributed by atoms with van der Waals surface area (Å²) in [5.74, 6) is -0.351. The van der Waals surface area contributed by atoms with E-state index < -0.39 is 5.91 Å². The summed E-state index contributed by atoms with van der Waals surface area (Å²) in [5, 5.41) is 11.5. The Morgan fingerprint density at radius 3 is 2.65 bits per heavy atom. The van der Waals surface area contributed by atoms with Gasteiger partial charge in [-0.2, -0.15) is 5.26 Å². The molecule has 0 spiro atoms. The Labute approximate surface area is 204 Å². The SMILES string of the molecule is Cl.N#Cc1[nH]c2ccccc2c1CCCCN1CCN(c2ccc3oc(C(N)=O)cc3c2)CC1. The summed E-state index contributed by atoms with van der Waals surface area (Å²) in [6.45, 7) is 5.04. The van der Waals surface area contributed by atoms with Crippen LogP contribution in [0.2, 0.25) is 0 Å². The maximum absolute atomic E-state index is 11.4. The van der Waals surface area contributed by atoms with Gasteiger partial charge in [0.2, 0.25) is 0 Å². The number of anilines is 1. The molecule has 8 heteroatoms. The molecular weight excluding hydrogens is 450 g/mol. The first-order chi connectivity index (χ1) is 16.1. The van der Waals surface area contributed by atoms with Crippen LogP contribution in [-0.2, 0) is 6.42 Å². The number of nitrogens with two attached hydrogens (primary N) is 1. The summed E-state index contributed by atoms with van der Waals surface area (Å²) in [5.41, 5.74) is 10.0. The standard InChI is InChI=1S/C26H27N5O2.ClH/c27-17-23-21(20-5-1-2-7-22(20)29-23)6-3-4-10-30-11-13-31(14-12-30)19-8-9-24-18(15-19)16-25(33-24)26(28)32;/h1-2,5,7-9,15-16,29H,3-4,6,10-14H2,(H2,28,32);1H. The lowest BCUT2D eigenvalue weighted by Crippen LogP contribution is -2.46. The molecule has 1 fully saturated rings. The van der Waals surface area contributed by atoms with Gasteiger partial charge in [0, 0.05) is 48.2 Å². The normalized spacial score (nSPS) is 14.3. The number of halogens is 1. The number of aryl methyl sites for hydroxylation is 1. The zero-order valence-corrected chi connectivity index (χ0v) is 19.7. The van der Waals surface area contributed by atoms with Crippen molar-refractivity contribution in [1.29, 1.82) is 5.26 Å². The number of nitrogens with zero attached hydrogens (tertiary/aromatic N) is 3. The second-order valence-electron chi connectivity index (χ2n) is 8.62. The molecule has 1 aliphatic rings. The number of rotatable bonds is 7. The zero-order valence-electron chi connectivity index (χ0n) is 18.9. The molecular formula is C26H28ClN5O2. The molecule has 1 amide bonds. The lowest BCUT2D eigenvalue weighted by Gasteiger charge is -2.36. The average Bonchev–Trinajstić information content (AvgIpc) is 3.43. The molecule has 1 saturated heterocycles. The van der Waals surface area contributed by atoms with Gasteiger partial charge in [0.1, 0.15) is 17.3 Å². The maximum Gasteiger partial charge on any atom is 0.284 e. The molecule has 0 radical (unpaired) electrons. The minimum atomic E-state index is -0.546. The van der Waals surface area contributed by atoms with Gasteiger partial charge in [-0.25, -0.2) is 0 Å². The van der Waals surface area contributed by atoms with Crippen LogP contribution in [0.25, 0.3) is 21.9 Å². The van der Waals surface area contributed by atoms with Gasteiger partial charge in [0.25, 0.3) is 5.91 Å². The van der Waals surface area contributed by atoms with E-state index in [1.807, 2.05) is 30.3 Å². The molecule has 0 bridgehead atoms. The fourth-order valence-electron chi connectivity index (χ4n) is 4.77. The van der Waals surface area contributed by atoms with Crippen molar-refractivity contribution in [3.05, 3.63) is 65.5 Å². The molecule has 176 valence electrons. The van der Waals surface area contributed by atoms with Crippen LogP contribution in [0.3, 0.4) is 0 Å². The number of aromatic nitrogens is 1. The molecule has 3 heterocycles. The van der Waals surface area contributed by atoms with Crippen molar-refractivity contribution in [1.82, 2.24) is 9.88 Å². The first kappa shape index (κ1) is 23.7. The predicted molar refractivity (Wildman–Crippen MR) is 137 cm³/mol. The first-order valence-corrected chi connectivity index (χ1v) is 11.4. The molecule has 0 atom stereocenters. The molecule has 34 heavy (non-hydrogen) atoms. The third kappa shape index (κ3) is 4.74. The molecule has 5 rings (SSSR count). The van der Waals surface area contributed by atoms with Gasteiger partial charge >= 0.3 is 0 Å². The zero-order chi connectivity index (χ0) is 22.8. The molecule has 0 aliphatic carbocycles. The third-order valence-corrected chi connectivity index (χ3v) is 6.56. The number of nitrogens with one attached hydrogen (secondary N) is 1. The number of hydrogen-bond donors (Lipinski definition) is 2. The molecule has 2 aromatic carbocycles. The first-order valence-electron chi connectivity index (χ1n) is 11.4. The molecule has 7 nitrogen and oxygen atoms in total. The second kappa shape index (κ2) is 10.2. The number of carbonyl (C=O) groups is 1. The number of H-pyrrole nitrogens is 1. The second-order valence-corrected chi connectivity index (χ2v) is 8.62. The van der Waals surface area contributed by atoms with E-state index in [0.717, 1.165) is 74.1 Å². The summed E-state index contributed by atoms with van der Waals surface area (Å²) in [7, 11) is 0. The Kier molecular flexibility index (Phi) is 7.11. The number of aromatic amines is 1. The fraction of sp³-hybridized carbons (Fsp3) is 0.308. The van der Waals surface area contributed by atoms with Crippen LogP contribution in [-0.4, -0.2) is 48.5 Å². The van der Waals surface area contributed by atoms with Crippen molar-refractivity contribution in [3.8, 4) is 6.07 Å². The van der Waals surface area contributed by atoms with Crippen LogP contribution >= 0.6 is 12.4 Å². The number of piperazine rings is 1. The monoisotopic (exact) mass is 477 g/mol. The number of benzene rings is 2. The number of hydrogen-bond acceptors (Lipinski definition) is 5. The van der Waals surface area contributed by atoms with Gasteiger partial charge in [-0.3, -0.25) is 9.69 Å². The van der Waals surface area contributed by atoms with E-state index in [0.29, 0.717) is 11.3 Å². The van der Waals surface area contributed by atoms with Gasteiger partial charge in [-0.15, -0.1) is 12.4 Å². The highest BCUT2D eigenvalue weighted by molar-refractivity contribution is 5.95. The fourth-order valence-corrected chi connectivity index (χ4v) is 4.77. The third-order valence-electron chi connectivity index (χ3n) is 6.56. The topological polar surface area (TPSA) is 102 Å². The summed E-state index contributed by atoms with van der Waals surface area (Å²) in [6, 6.07) is 18.2. The Hall–Kier alpha value is -3.47. The highest BCUT2D eigenvalue weighted by Gasteiger charge is 2.18. The van der Waals surface area contributed by atoms with E-state index in [1.165, 1.54) is 5.39 Å². The van der Waals surface area contributed by atoms with Gasteiger partial charge in [-0.05, 0) is 61.7 Å².